The molecule has 3 heteroatoms. The SMILES string of the molecule is C=[CH][Sm+2].[I-].[I-]. The van der Waals surface area contributed by atoms with Gasteiger partial charge in [0.15, 0.2) is 0 Å². The Kier molecular flexibility index (Phi) is 50.1. The monoisotopic (exact) mass is 433 g/mol. The molecule has 0 amide bonds. The van der Waals surface area contributed by atoms with Gasteiger partial charge in [-0.2, -0.15) is 0 Å². The Morgan fingerprint density at radius 3 is 1.40 bits per heavy atom. The first-order chi connectivity index (χ1) is 1.41. The fraction of sp³-hybridized carbons (Fsp3) is 0. The van der Waals surface area contributed by atoms with E-state index in [1.54, 1.807) is 0 Å². The average Bonchev–Trinajstić information content (AvgIpc) is 0.918. The second-order valence-corrected chi connectivity index (χ2v) is 1.24. The summed E-state index contributed by atoms with van der Waals surface area (Å²) in [5.41, 5.74) is 0. The molecule has 0 saturated heterocycles. The summed E-state index contributed by atoms with van der Waals surface area (Å²) in [5, 5.41) is 0. The summed E-state index contributed by atoms with van der Waals surface area (Å²) >= 11 is 1.44. The standard InChI is InChI=1S/C2H3.2HI.Sm/c1-2;;;/h1H,2H2;2*1H;/q;;;+2/p-2. The maximum Gasteiger partial charge on any atom is -1.00 e. The molecule has 0 N–H and O–H groups in total. The maximum atomic E-state index is 3.40. The van der Waals surface area contributed by atoms with Crippen molar-refractivity contribution in [1.82, 2.24) is 0 Å². The summed E-state index contributed by atoms with van der Waals surface area (Å²) in [4.78, 5) is 0. The predicted molar refractivity (Wildman–Crippen MR) is 10.2 cm³/mol. The van der Waals surface area contributed by atoms with Gasteiger partial charge in [0.25, 0.3) is 0 Å². The summed E-state index contributed by atoms with van der Waals surface area (Å²) < 4.78 is 1.83. The van der Waals surface area contributed by atoms with Crippen LogP contribution in [0.25, 0.3) is 0 Å². The molecular weight excluding hydrogens is 428 g/mol. The van der Waals surface area contributed by atoms with Gasteiger partial charge in [0.05, 0.1) is 0 Å². The van der Waals surface area contributed by atoms with Crippen molar-refractivity contribution in [2.24, 2.45) is 0 Å². The Morgan fingerprint density at radius 2 is 1.40 bits per heavy atom. The minimum absolute atomic E-state index is 0. The first kappa shape index (κ1) is 15.6. The molecular formula is C2H3I2Sm. The van der Waals surface area contributed by atoms with E-state index in [2.05, 4.69) is 6.58 Å². The first-order valence-corrected chi connectivity index (χ1v) is 2.16. The molecule has 0 aromatic carbocycles. The van der Waals surface area contributed by atoms with Crippen molar-refractivity contribution >= 4 is 0 Å². The molecule has 0 nitrogen and oxygen atoms in total. The van der Waals surface area contributed by atoms with Gasteiger partial charge in [-0.15, -0.1) is 0 Å². The third kappa shape index (κ3) is 20.9. The van der Waals surface area contributed by atoms with Crippen molar-refractivity contribution in [2.45, 2.75) is 0 Å². The summed E-state index contributed by atoms with van der Waals surface area (Å²) in [5.74, 6) is 0. The van der Waals surface area contributed by atoms with Crippen molar-refractivity contribution < 1.29 is 86.3 Å². The van der Waals surface area contributed by atoms with E-state index in [1.807, 2.05) is 1.79 Å². The van der Waals surface area contributed by atoms with E-state index in [0.29, 0.717) is 0 Å². The van der Waals surface area contributed by atoms with E-state index < -0.39 is 0 Å². The zero-order chi connectivity index (χ0) is 2.71. The van der Waals surface area contributed by atoms with E-state index in [9.17, 15) is 0 Å². The maximum absolute atomic E-state index is 3.40. The molecule has 0 rings (SSSR count). The van der Waals surface area contributed by atoms with E-state index in [-0.39, 0.29) is 48.0 Å². The van der Waals surface area contributed by atoms with Crippen LogP contribution in [0.2, 0.25) is 0 Å². The van der Waals surface area contributed by atoms with Crippen molar-refractivity contribution in [3.63, 3.8) is 0 Å². The van der Waals surface area contributed by atoms with Crippen LogP contribution in [0.4, 0.5) is 0 Å². The summed E-state index contributed by atoms with van der Waals surface area (Å²) in [6.45, 7) is 3.40. The Balaban J connectivity index is -0.0000000200. The fourth-order valence-corrected chi connectivity index (χ4v) is 0. The summed E-state index contributed by atoms with van der Waals surface area (Å²) in [6, 6.07) is 0. The molecule has 0 aliphatic carbocycles. The van der Waals surface area contributed by atoms with Crippen LogP contribution < -0.4 is 48.0 Å². The van der Waals surface area contributed by atoms with E-state index in [4.69, 9.17) is 0 Å². The average molecular weight is 431 g/mol. The molecule has 0 saturated carbocycles. The molecule has 0 aliphatic rings. The molecule has 0 aromatic heterocycles. The summed E-state index contributed by atoms with van der Waals surface area (Å²) in [7, 11) is 0. The van der Waals surface area contributed by atoms with Crippen LogP contribution in [0.1, 0.15) is 0 Å². The molecule has 31 valence electrons. The Bertz CT molecular complexity index is 15.1. The van der Waals surface area contributed by atoms with E-state index in [1.165, 1.54) is 38.3 Å². The van der Waals surface area contributed by atoms with E-state index >= 15 is 0 Å². The zero-order valence-electron chi connectivity index (χ0n) is 2.45. The third-order valence-corrected chi connectivity index (χ3v) is 0. The number of rotatable bonds is 0. The molecule has 0 spiro atoms. The van der Waals surface area contributed by atoms with Crippen LogP contribution in [-0.4, -0.2) is 0 Å². The van der Waals surface area contributed by atoms with Gasteiger partial charge < -0.3 is 48.0 Å². The number of hydrogen-bond donors (Lipinski definition) is 0. The van der Waals surface area contributed by atoms with Crippen molar-refractivity contribution in [1.29, 1.82) is 0 Å². The minimum Gasteiger partial charge on any atom is -1.00 e. The Hall–Kier alpha value is 2.54. The van der Waals surface area contributed by atoms with Gasteiger partial charge in [-0.05, 0) is 0 Å². The van der Waals surface area contributed by atoms with Crippen LogP contribution in [0.15, 0.2) is 8.37 Å². The smallest absolute Gasteiger partial charge is 1.00 e. The van der Waals surface area contributed by atoms with Gasteiger partial charge in [0, 0.05) is 0 Å². The largest absolute Gasteiger partial charge is 1.00 e. The molecule has 0 fully saturated rings. The van der Waals surface area contributed by atoms with Crippen LogP contribution in [0, 0.1) is 38.3 Å². The first-order valence-electron chi connectivity index (χ1n) is 0.644. The van der Waals surface area contributed by atoms with Crippen LogP contribution in [0.3, 0.4) is 0 Å². The molecule has 0 radical (unpaired) electrons. The zero-order valence-corrected chi connectivity index (χ0v) is 9.38. The second kappa shape index (κ2) is 16.0. The van der Waals surface area contributed by atoms with E-state index in [0.717, 1.165) is 0 Å². The topological polar surface area (TPSA) is 0 Å². The second-order valence-electron chi connectivity index (χ2n) is 0.167. The Labute approximate surface area is 92.5 Å². The molecule has 0 heterocycles. The van der Waals surface area contributed by atoms with Gasteiger partial charge >= 0.3 is 46.7 Å². The fourth-order valence-electron chi connectivity index (χ4n) is 0. The molecule has 0 unspecified atom stereocenters. The van der Waals surface area contributed by atoms with Crippen LogP contribution in [-0.2, 0) is 0 Å². The third-order valence-electron chi connectivity index (χ3n) is 0. The summed E-state index contributed by atoms with van der Waals surface area (Å²) in [6.07, 6.45) is 0. The van der Waals surface area contributed by atoms with Gasteiger partial charge in [0.1, 0.15) is 0 Å². The van der Waals surface area contributed by atoms with Crippen molar-refractivity contribution in [3.05, 3.63) is 8.37 Å². The van der Waals surface area contributed by atoms with Gasteiger partial charge in [-0.3, -0.25) is 0 Å². The van der Waals surface area contributed by atoms with Crippen LogP contribution in [0.5, 0.6) is 0 Å². The molecule has 0 atom stereocenters. The quantitative estimate of drug-likeness (QED) is 0.337. The van der Waals surface area contributed by atoms with Crippen molar-refractivity contribution in [3.8, 4) is 0 Å². The van der Waals surface area contributed by atoms with Crippen molar-refractivity contribution in [2.75, 3.05) is 0 Å². The molecule has 0 aromatic rings. The van der Waals surface area contributed by atoms with Gasteiger partial charge in [-0.25, -0.2) is 0 Å². The molecule has 0 bridgehead atoms. The van der Waals surface area contributed by atoms with Gasteiger partial charge in [0.2, 0.25) is 0 Å². The molecule has 5 heavy (non-hydrogen) atoms. The number of hydrogen-bond acceptors (Lipinski definition) is 0. The molecule has 0 aliphatic heterocycles. The predicted octanol–water partition coefficient (Wildman–Crippen LogP) is -5.31. The minimum atomic E-state index is 0. The number of halogens is 2. The normalized spacial score (nSPS) is 2.20. The van der Waals surface area contributed by atoms with Crippen LogP contribution >= 0.6 is 0 Å². The Morgan fingerprint density at radius 1 is 1.40 bits per heavy atom. The van der Waals surface area contributed by atoms with Gasteiger partial charge in [-0.1, -0.05) is 0 Å².